The summed E-state index contributed by atoms with van der Waals surface area (Å²) >= 11 is 3.52. The van der Waals surface area contributed by atoms with E-state index in [9.17, 15) is 9.90 Å². The quantitative estimate of drug-likeness (QED) is 0.467. The summed E-state index contributed by atoms with van der Waals surface area (Å²) in [5, 5.41) is 15.4. The fraction of sp³-hybridized carbons (Fsp3) is 0.409. The third-order valence-electron chi connectivity index (χ3n) is 4.36. The molecule has 0 fully saturated rings. The Bertz CT molecular complexity index is 792. The zero-order valence-corrected chi connectivity index (χ0v) is 18.7. The molecule has 0 bridgehead atoms. The summed E-state index contributed by atoms with van der Waals surface area (Å²) in [4.78, 5) is 12.2. The van der Waals surface area contributed by atoms with E-state index in [2.05, 4.69) is 26.6 Å². The number of anilines is 1. The van der Waals surface area contributed by atoms with Crippen molar-refractivity contribution in [3.05, 3.63) is 52.0 Å². The molecule has 1 amide bonds. The summed E-state index contributed by atoms with van der Waals surface area (Å²) in [6, 6.07) is 11.4. The highest BCUT2D eigenvalue weighted by Gasteiger charge is 2.15. The summed E-state index contributed by atoms with van der Waals surface area (Å²) in [5.74, 6) is 0.811. The van der Waals surface area contributed by atoms with Crippen molar-refractivity contribution in [2.45, 2.75) is 39.8 Å². The minimum atomic E-state index is -0.248. The number of rotatable bonds is 11. The van der Waals surface area contributed by atoms with Crippen LogP contribution in [-0.2, 0) is 11.3 Å². The number of amides is 1. The number of carbonyl (C=O) groups excluding carboxylic acids is 1. The van der Waals surface area contributed by atoms with Crippen LogP contribution >= 0.6 is 15.9 Å². The van der Waals surface area contributed by atoms with Gasteiger partial charge in [-0.15, -0.1) is 0 Å². The van der Waals surface area contributed by atoms with E-state index in [-0.39, 0.29) is 25.2 Å². The smallest absolute Gasteiger partial charge is 0.262 e. The van der Waals surface area contributed by atoms with E-state index in [1.54, 1.807) is 0 Å². The molecule has 0 aliphatic heterocycles. The minimum absolute atomic E-state index is 0.0470. The summed E-state index contributed by atoms with van der Waals surface area (Å²) in [6.45, 7) is 6.93. The number of halogens is 1. The molecule has 0 saturated heterocycles. The Morgan fingerprint density at radius 1 is 1.17 bits per heavy atom. The van der Waals surface area contributed by atoms with Gasteiger partial charge >= 0.3 is 0 Å². The van der Waals surface area contributed by atoms with Crippen LogP contribution in [0.1, 0.15) is 31.4 Å². The van der Waals surface area contributed by atoms with Crippen molar-refractivity contribution in [3.63, 3.8) is 0 Å². The summed E-state index contributed by atoms with van der Waals surface area (Å²) < 4.78 is 12.2. The van der Waals surface area contributed by atoms with E-state index >= 15 is 0 Å². The summed E-state index contributed by atoms with van der Waals surface area (Å²) in [6.07, 6.45) is 0.841. The van der Waals surface area contributed by atoms with Gasteiger partial charge in [-0.2, -0.15) is 0 Å². The Balaban J connectivity index is 2.04. The minimum Gasteiger partial charge on any atom is -0.490 e. The maximum absolute atomic E-state index is 12.2. The number of hydrogen-bond acceptors (Lipinski definition) is 5. The van der Waals surface area contributed by atoms with Crippen LogP contribution in [0.15, 0.2) is 40.9 Å². The number of ether oxygens (including phenoxy) is 2. The molecule has 158 valence electrons. The van der Waals surface area contributed by atoms with E-state index in [1.165, 1.54) is 0 Å². The first-order valence-electron chi connectivity index (χ1n) is 9.75. The van der Waals surface area contributed by atoms with Gasteiger partial charge in [-0.05, 0) is 66.0 Å². The van der Waals surface area contributed by atoms with Gasteiger partial charge in [0.05, 0.1) is 17.7 Å². The highest BCUT2D eigenvalue weighted by atomic mass is 79.9. The van der Waals surface area contributed by atoms with Crippen molar-refractivity contribution in [1.29, 1.82) is 0 Å². The largest absolute Gasteiger partial charge is 0.490 e. The number of hydrogen-bond donors (Lipinski definition) is 3. The predicted octanol–water partition coefficient (Wildman–Crippen LogP) is 4.03. The van der Waals surface area contributed by atoms with Crippen LogP contribution in [0.25, 0.3) is 0 Å². The molecule has 2 aromatic rings. The van der Waals surface area contributed by atoms with E-state index in [4.69, 9.17) is 9.47 Å². The fourth-order valence-corrected chi connectivity index (χ4v) is 3.30. The lowest BCUT2D eigenvalue weighted by atomic mass is 10.1. The topological polar surface area (TPSA) is 79.8 Å². The van der Waals surface area contributed by atoms with Crippen molar-refractivity contribution >= 4 is 27.5 Å². The van der Waals surface area contributed by atoms with E-state index in [0.29, 0.717) is 29.1 Å². The lowest BCUT2D eigenvalue weighted by molar-refractivity contribution is -0.118. The second-order valence-corrected chi connectivity index (χ2v) is 7.56. The van der Waals surface area contributed by atoms with Gasteiger partial charge in [0.2, 0.25) is 0 Å². The Labute approximate surface area is 180 Å². The van der Waals surface area contributed by atoms with Gasteiger partial charge in [0.15, 0.2) is 18.1 Å². The number of aryl methyl sites for hydroxylation is 1. The van der Waals surface area contributed by atoms with E-state index < -0.39 is 0 Å². The summed E-state index contributed by atoms with van der Waals surface area (Å²) in [7, 11) is 0. The molecule has 29 heavy (non-hydrogen) atoms. The fourth-order valence-electron chi connectivity index (χ4n) is 2.70. The van der Waals surface area contributed by atoms with Gasteiger partial charge in [-0.3, -0.25) is 4.79 Å². The second-order valence-electron chi connectivity index (χ2n) is 6.71. The van der Waals surface area contributed by atoms with Gasteiger partial charge in [-0.25, -0.2) is 0 Å². The number of benzene rings is 2. The molecule has 0 unspecified atom stereocenters. The van der Waals surface area contributed by atoms with Crippen LogP contribution in [0.5, 0.6) is 11.5 Å². The average Bonchev–Trinajstić information content (AvgIpc) is 2.70. The molecular formula is C22H29BrN2O4. The van der Waals surface area contributed by atoms with Gasteiger partial charge in [0, 0.05) is 18.3 Å². The molecule has 0 heterocycles. The molecule has 0 spiro atoms. The molecule has 2 rings (SSSR count). The number of aliphatic hydroxyl groups is 1. The van der Waals surface area contributed by atoms with Gasteiger partial charge in [0.1, 0.15) is 0 Å². The van der Waals surface area contributed by atoms with Gasteiger partial charge in [0.25, 0.3) is 5.91 Å². The highest BCUT2D eigenvalue weighted by molar-refractivity contribution is 9.10. The van der Waals surface area contributed by atoms with Crippen molar-refractivity contribution < 1.29 is 19.4 Å². The number of carbonyl (C=O) groups is 1. The number of aliphatic hydroxyl groups excluding tert-OH is 1. The number of nitrogens with one attached hydrogen (secondary N) is 2. The molecule has 3 N–H and O–H groups in total. The molecule has 2 aromatic carbocycles. The van der Waals surface area contributed by atoms with Crippen molar-refractivity contribution in [3.8, 4) is 11.5 Å². The molecule has 0 aromatic heterocycles. The molecule has 0 aliphatic rings. The maximum Gasteiger partial charge on any atom is 0.262 e. The van der Waals surface area contributed by atoms with Crippen molar-refractivity contribution in [1.82, 2.24) is 5.32 Å². The molecule has 0 aliphatic carbocycles. The molecule has 6 nitrogen and oxygen atoms in total. The zero-order chi connectivity index (χ0) is 21.2. The molecule has 0 saturated carbocycles. The lowest BCUT2D eigenvalue weighted by Crippen LogP contribution is -2.31. The molecule has 7 heteroatoms. The first-order chi connectivity index (χ1) is 14.0. The third kappa shape index (κ3) is 7.34. The van der Waals surface area contributed by atoms with Crippen LogP contribution in [0.2, 0.25) is 0 Å². The molecule has 1 atom stereocenters. The van der Waals surface area contributed by atoms with Crippen LogP contribution in [-0.4, -0.2) is 36.9 Å². The highest BCUT2D eigenvalue weighted by Crippen LogP contribution is 2.37. The monoisotopic (exact) mass is 464 g/mol. The Hall–Kier alpha value is -2.09. The second kappa shape index (κ2) is 11.8. The van der Waals surface area contributed by atoms with E-state index in [1.807, 2.05) is 57.2 Å². The Kier molecular flexibility index (Phi) is 9.44. The standard InChI is InChI=1S/C22H29BrN2O4/c1-4-17(13-26)24-12-16-10-19(23)22(20(11-16)28-5-2)29-14-21(27)25-18-8-6-15(3)7-9-18/h6-11,17,24,26H,4-5,12-14H2,1-3H3,(H,25,27)/t17-/m0/s1. The van der Waals surface area contributed by atoms with Gasteiger partial charge in [-0.1, -0.05) is 24.6 Å². The first kappa shape index (κ1) is 23.2. The van der Waals surface area contributed by atoms with Crippen LogP contribution in [0.3, 0.4) is 0 Å². The van der Waals surface area contributed by atoms with Crippen LogP contribution < -0.4 is 20.1 Å². The maximum atomic E-state index is 12.2. The average molecular weight is 465 g/mol. The van der Waals surface area contributed by atoms with Crippen LogP contribution in [0, 0.1) is 6.92 Å². The SMILES string of the molecule is CCOc1cc(CN[C@@H](CC)CO)cc(Br)c1OCC(=O)Nc1ccc(C)cc1. The molecular weight excluding hydrogens is 436 g/mol. The Morgan fingerprint density at radius 2 is 1.90 bits per heavy atom. The Morgan fingerprint density at radius 3 is 2.52 bits per heavy atom. The normalized spacial score (nSPS) is 11.8. The van der Waals surface area contributed by atoms with Crippen molar-refractivity contribution in [2.75, 3.05) is 25.1 Å². The zero-order valence-electron chi connectivity index (χ0n) is 17.1. The third-order valence-corrected chi connectivity index (χ3v) is 4.95. The lowest BCUT2D eigenvalue weighted by Gasteiger charge is -2.17. The van der Waals surface area contributed by atoms with Crippen molar-refractivity contribution in [2.24, 2.45) is 0 Å². The summed E-state index contributed by atoms with van der Waals surface area (Å²) in [5.41, 5.74) is 2.84. The first-order valence-corrected chi connectivity index (χ1v) is 10.5. The van der Waals surface area contributed by atoms with Crippen LogP contribution in [0.4, 0.5) is 5.69 Å². The molecule has 0 radical (unpaired) electrons. The van der Waals surface area contributed by atoms with Gasteiger partial charge < -0.3 is 25.2 Å². The predicted molar refractivity (Wildman–Crippen MR) is 119 cm³/mol. The van der Waals surface area contributed by atoms with E-state index in [0.717, 1.165) is 23.2 Å².